The third-order valence-corrected chi connectivity index (χ3v) is 6.62. The third kappa shape index (κ3) is 4.29. The molecule has 1 fully saturated rings. The molecular weight excluding hydrogens is 376 g/mol. The monoisotopic (exact) mass is 412 g/mol. The van der Waals surface area contributed by atoms with Crippen LogP contribution in [0.3, 0.4) is 0 Å². The minimum absolute atomic E-state index is 0.00155. The van der Waals surface area contributed by atoms with Gasteiger partial charge in [0.25, 0.3) is 0 Å². The van der Waals surface area contributed by atoms with E-state index < -0.39 is 5.41 Å². The Morgan fingerprint density at radius 3 is 2.47 bits per heavy atom. The topological polar surface area (TPSA) is 65.0 Å². The Labute approximate surface area is 180 Å². The van der Waals surface area contributed by atoms with Crippen molar-refractivity contribution in [2.24, 2.45) is 4.99 Å². The number of nitrogens with one attached hydrogen (secondary N) is 1. The molecule has 0 saturated carbocycles. The van der Waals surface area contributed by atoms with Crippen LogP contribution in [0, 0.1) is 0 Å². The van der Waals surface area contributed by atoms with Crippen LogP contribution in [0.25, 0.3) is 0 Å². The predicted molar refractivity (Wildman–Crippen MR) is 121 cm³/mol. The first-order chi connectivity index (χ1) is 14.3. The van der Waals surface area contributed by atoms with E-state index in [0.29, 0.717) is 17.9 Å². The van der Waals surface area contributed by atoms with Crippen LogP contribution >= 0.6 is 0 Å². The van der Waals surface area contributed by atoms with Gasteiger partial charge in [-0.15, -0.1) is 0 Å². The quantitative estimate of drug-likeness (QED) is 0.769. The molecule has 0 radical (unpaired) electrons. The minimum Gasteiger partial charge on any atom is -0.319 e. The van der Waals surface area contributed by atoms with E-state index in [2.05, 4.69) is 55.0 Å². The van der Waals surface area contributed by atoms with Crippen molar-refractivity contribution in [2.75, 3.05) is 13.1 Å². The van der Waals surface area contributed by atoms with Gasteiger partial charge in [-0.25, -0.2) is 4.79 Å². The maximum atomic E-state index is 12.9. The lowest BCUT2D eigenvalue weighted by Crippen LogP contribution is -2.65. The number of hydrogen-bond acceptors (Lipinski definition) is 3. The van der Waals surface area contributed by atoms with Gasteiger partial charge in [-0.05, 0) is 58.9 Å². The summed E-state index contributed by atoms with van der Waals surface area (Å²) < 4.78 is 0. The molecule has 3 amide bonds. The van der Waals surface area contributed by atoms with Gasteiger partial charge in [-0.1, -0.05) is 30.3 Å². The number of fused-ring (bicyclic) bond motifs is 1. The lowest BCUT2D eigenvalue weighted by Gasteiger charge is -2.52. The van der Waals surface area contributed by atoms with Gasteiger partial charge in [0, 0.05) is 32.1 Å². The van der Waals surface area contributed by atoms with Gasteiger partial charge >= 0.3 is 6.03 Å². The first-order valence-corrected chi connectivity index (χ1v) is 11.3. The van der Waals surface area contributed by atoms with Crippen molar-refractivity contribution in [3.05, 3.63) is 35.9 Å². The second kappa shape index (κ2) is 9.29. The number of amidine groups is 1. The molecule has 0 bridgehead atoms. The Morgan fingerprint density at radius 1 is 1.20 bits per heavy atom. The predicted octanol–water partition coefficient (Wildman–Crippen LogP) is 3.96. The van der Waals surface area contributed by atoms with Crippen molar-refractivity contribution in [3.63, 3.8) is 0 Å². The van der Waals surface area contributed by atoms with E-state index in [9.17, 15) is 9.59 Å². The summed E-state index contributed by atoms with van der Waals surface area (Å²) >= 11 is 0. The van der Waals surface area contributed by atoms with Crippen molar-refractivity contribution in [1.82, 2.24) is 15.1 Å². The zero-order valence-corrected chi connectivity index (χ0v) is 19.0. The molecule has 1 saturated heterocycles. The molecule has 6 heteroatoms. The minimum atomic E-state index is -0.525. The fourth-order valence-corrected chi connectivity index (χ4v) is 5.31. The zero-order valence-electron chi connectivity index (χ0n) is 19.0. The Balaban J connectivity index is 2.14. The first-order valence-electron chi connectivity index (χ1n) is 11.3. The largest absolute Gasteiger partial charge is 0.345 e. The fourth-order valence-electron chi connectivity index (χ4n) is 5.31. The molecule has 1 aromatic rings. The SMILES string of the molecule is CC(=O)NC1=NC(=O)N2CCCC[C@@H]2[C@]1(CCN(C(C)C)C(C)C)c1ccccc1. The van der Waals surface area contributed by atoms with Crippen LogP contribution in [0.15, 0.2) is 35.3 Å². The summed E-state index contributed by atoms with van der Waals surface area (Å²) in [4.78, 5) is 33.9. The van der Waals surface area contributed by atoms with Gasteiger partial charge in [0.05, 0.1) is 11.5 Å². The van der Waals surface area contributed by atoms with Crippen LogP contribution in [0.1, 0.15) is 65.9 Å². The summed E-state index contributed by atoms with van der Waals surface area (Å²) in [5.41, 5.74) is 0.595. The molecule has 2 aliphatic heterocycles. The smallest absolute Gasteiger partial charge is 0.319 e. The summed E-state index contributed by atoms with van der Waals surface area (Å²) in [5.74, 6) is 0.331. The molecule has 2 heterocycles. The highest BCUT2D eigenvalue weighted by Crippen LogP contribution is 2.43. The second-order valence-electron chi connectivity index (χ2n) is 9.14. The van der Waals surface area contributed by atoms with E-state index in [-0.39, 0.29) is 18.0 Å². The number of nitrogens with zero attached hydrogens (tertiary/aromatic N) is 3. The molecule has 30 heavy (non-hydrogen) atoms. The molecular formula is C24H36N4O2. The van der Waals surface area contributed by atoms with Crippen molar-refractivity contribution in [3.8, 4) is 0 Å². The summed E-state index contributed by atoms with van der Waals surface area (Å²) in [5, 5.41) is 2.96. The Morgan fingerprint density at radius 2 is 1.87 bits per heavy atom. The maximum Gasteiger partial charge on any atom is 0.345 e. The number of rotatable bonds is 6. The molecule has 1 aromatic carbocycles. The molecule has 1 N–H and O–H groups in total. The van der Waals surface area contributed by atoms with Crippen LogP contribution in [0.2, 0.25) is 0 Å². The number of amides is 3. The van der Waals surface area contributed by atoms with Crippen molar-refractivity contribution >= 4 is 17.8 Å². The van der Waals surface area contributed by atoms with Gasteiger partial charge in [0.15, 0.2) is 0 Å². The molecule has 0 aliphatic carbocycles. The van der Waals surface area contributed by atoms with Gasteiger partial charge in [0.2, 0.25) is 5.91 Å². The van der Waals surface area contributed by atoms with E-state index in [1.54, 1.807) is 0 Å². The molecule has 2 atom stereocenters. The van der Waals surface area contributed by atoms with E-state index in [1.807, 2.05) is 23.1 Å². The van der Waals surface area contributed by atoms with Gasteiger partial charge < -0.3 is 10.2 Å². The zero-order chi connectivity index (χ0) is 21.9. The average molecular weight is 413 g/mol. The van der Waals surface area contributed by atoms with Crippen LogP contribution < -0.4 is 5.32 Å². The summed E-state index contributed by atoms with van der Waals surface area (Å²) in [6.45, 7) is 12.0. The number of piperidine rings is 1. The average Bonchev–Trinajstić information content (AvgIpc) is 2.70. The van der Waals surface area contributed by atoms with Gasteiger partial charge in [-0.3, -0.25) is 9.69 Å². The third-order valence-electron chi connectivity index (χ3n) is 6.62. The van der Waals surface area contributed by atoms with Gasteiger partial charge in [-0.2, -0.15) is 4.99 Å². The van der Waals surface area contributed by atoms with E-state index in [4.69, 9.17) is 0 Å². The first kappa shape index (κ1) is 22.5. The summed E-state index contributed by atoms with van der Waals surface area (Å²) in [6.07, 6.45) is 3.79. The maximum absolute atomic E-state index is 12.9. The molecule has 3 rings (SSSR count). The molecule has 2 aliphatic rings. The summed E-state index contributed by atoms with van der Waals surface area (Å²) in [7, 11) is 0. The highest BCUT2D eigenvalue weighted by molar-refractivity contribution is 6.10. The van der Waals surface area contributed by atoms with Crippen molar-refractivity contribution in [2.45, 2.75) is 83.8 Å². The molecule has 0 aromatic heterocycles. The number of aliphatic imine (C=N–C) groups is 1. The Hall–Kier alpha value is -2.21. The lowest BCUT2D eigenvalue weighted by molar-refractivity contribution is -0.117. The molecule has 6 nitrogen and oxygen atoms in total. The van der Waals surface area contributed by atoms with Crippen molar-refractivity contribution < 1.29 is 9.59 Å². The second-order valence-corrected chi connectivity index (χ2v) is 9.14. The Bertz CT molecular complexity index is 782. The highest BCUT2D eigenvalue weighted by Gasteiger charge is 2.53. The van der Waals surface area contributed by atoms with Crippen LogP contribution in [0.5, 0.6) is 0 Å². The molecule has 0 spiro atoms. The number of carbonyl (C=O) groups excluding carboxylic acids is 2. The molecule has 0 unspecified atom stereocenters. The van der Waals surface area contributed by atoms with Crippen LogP contribution in [0.4, 0.5) is 4.79 Å². The lowest BCUT2D eigenvalue weighted by atomic mass is 9.66. The summed E-state index contributed by atoms with van der Waals surface area (Å²) in [6, 6.07) is 10.9. The number of urea groups is 1. The number of hydrogen-bond donors (Lipinski definition) is 1. The normalized spacial score (nSPS) is 24.3. The van der Waals surface area contributed by atoms with Gasteiger partial charge in [0.1, 0.15) is 5.84 Å². The number of benzene rings is 1. The van der Waals surface area contributed by atoms with E-state index in [1.165, 1.54) is 6.92 Å². The standard InChI is InChI=1S/C24H36N4O2/c1-17(2)27(18(3)4)16-14-24(20-11-7-6-8-12-20)21-13-9-10-15-28(21)23(30)26-22(24)25-19(5)29/h6-8,11-12,17-18,21H,9-10,13-16H2,1-5H3,(H,25,26,29,30)/t21-,24+/m1/s1. The number of carbonyl (C=O) groups is 2. The molecule has 164 valence electrons. The van der Waals surface area contributed by atoms with E-state index in [0.717, 1.165) is 44.3 Å². The Kier molecular flexibility index (Phi) is 6.96. The van der Waals surface area contributed by atoms with Crippen molar-refractivity contribution in [1.29, 1.82) is 0 Å². The van der Waals surface area contributed by atoms with Crippen LogP contribution in [-0.4, -0.2) is 58.8 Å². The van der Waals surface area contributed by atoms with E-state index >= 15 is 0 Å². The van der Waals surface area contributed by atoms with Crippen LogP contribution in [-0.2, 0) is 10.2 Å². The fraction of sp³-hybridized carbons (Fsp3) is 0.625. The highest BCUT2D eigenvalue weighted by atomic mass is 16.2.